The van der Waals surface area contributed by atoms with Crippen LogP contribution in [0.4, 0.5) is 21.9 Å². The summed E-state index contributed by atoms with van der Waals surface area (Å²) in [7, 11) is 3.84. The van der Waals surface area contributed by atoms with Crippen molar-refractivity contribution in [3.05, 3.63) is 54.6 Å². The number of amides is 2. The first-order valence-electron chi connectivity index (χ1n) is 8.26. The highest BCUT2D eigenvalue weighted by Gasteiger charge is 2.08. The van der Waals surface area contributed by atoms with E-state index in [1.807, 2.05) is 43.3 Å². The van der Waals surface area contributed by atoms with Crippen molar-refractivity contribution in [3.63, 3.8) is 0 Å². The van der Waals surface area contributed by atoms with E-state index in [-0.39, 0.29) is 6.03 Å². The normalized spacial score (nSPS) is 10.4. The molecule has 2 N–H and O–H groups in total. The molecule has 2 amide bonds. The highest BCUT2D eigenvalue weighted by molar-refractivity contribution is 5.99. The fourth-order valence-electron chi connectivity index (χ4n) is 2.32. The number of carbonyl (C=O) groups is 1. The molecular weight excluding hydrogens is 330 g/mol. The van der Waals surface area contributed by atoms with Crippen molar-refractivity contribution in [2.75, 3.05) is 29.6 Å². The number of rotatable bonds is 5. The smallest absolute Gasteiger partial charge is 0.323 e. The monoisotopic (exact) mass is 351 g/mol. The second kappa shape index (κ2) is 7.64. The van der Waals surface area contributed by atoms with Gasteiger partial charge in [-0.2, -0.15) is 5.10 Å². The summed E-state index contributed by atoms with van der Waals surface area (Å²) < 4.78 is 1.51. The number of benzene rings is 1. The third kappa shape index (κ3) is 4.15. The molecule has 0 aliphatic heterocycles. The summed E-state index contributed by atoms with van der Waals surface area (Å²) in [5, 5.41) is 9.74. The van der Waals surface area contributed by atoms with Crippen molar-refractivity contribution in [2.45, 2.75) is 13.3 Å². The molecule has 0 bridgehead atoms. The quantitative estimate of drug-likeness (QED) is 0.738. The van der Waals surface area contributed by atoms with E-state index in [9.17, 15) is 4.79 Å². The van der Waals surface area contributed by atoms with Crippen LogP contribution in [0.15, 0.2) is 49.1 Å². The van der Waals surface area contributed by atoms with E-state index in [1.165, 1.54) is 4.68 Å². The van der Waals surface area contributed by atoms with Crippen LogP contribution in [-0.2, 0) is 6.42 Å². The van der Waals surface area contributed by atoms with Crippen molar-refractivity contribution >= 4 is 23.1 Å². The number of hydrogen-bond donors (Lipinski definition) is 2. The number of carbonyl (C=O) groups excluding carboxylic acids is 1. The summed E-state index contributed by atoms with van der Waals surface area (Å²) in [6, 6.07) is 7.41. The fraction of sp³-hybridized carbons (Fsp3) is 0.222. The first-order valence-corrected chi connectivity index (χ1v) is 8.26. The maximum absolute atomic E-state index is 12.2. The molecule has 1 aromatic carbocycles. The number of aryl methyl sites for hydroxylation is 1. The van der Waals surface area contributed by atoms with Gasteiger partial charge in [0.1, 0.15) is 0 Å². The van der Waals surface area contributed by atoms with E-state index in [0.29, 0.717) is 11.6 Å². The van der Waals surface area contributed by atoms with Gasteiger partial charge in [0.15, 0.2) is 0 Å². The molecule has 0 spiro atoms. The number of hydrogen-bond acceptors (Lipinski definition) is 5. The molecule has 3 rings (SSSR count). The summed E-state index contributed by atoms with van der Waals surface area (Å²) in [5.41, 5.74) is 3.35. The van der Waals surface area contributed by atoms with Gasteiger partial charge >= 0.3 is 6.03 Å². The van der Waals surface area contributed by atoms with Gasteiger partial charge in [-0.15, -0.1) is 0 Å². The number of urea groups is 1. The van der Waals surface area contributed by atoms with Crippen LogP contribution in [-0.4, -0.2) is 39.9 Å². The summed E-state index contributed by atoms with van der Waals surface area (Å²) in [6.07, 6.45) is 7.55. The lowest BCUT2D eigenvalue weighted by Gasteiger charge is -2.10. The van der Waals surface area contributed by atoms with Gasteiger partial charge < -0.3 is 15.5 Å². The molecule has 2 heterocycles. The van der Waals surface area contributed by atoms with E-state index in [1.54, 1.807) is 24.8 Å². The van der Waals surface area contributed by atoms with Crippen molar-refractivity contribution < 1.29 is 4.79 Å². The molecular formula is C18H21N7O. The van der Waals surface area contributed by atoms with E-state index in [2.05, 4.69) is 32.6 Å². The predicted molar refractivity (Wildman–Crippen MR) is 102 cm³/mol. The zero-order chi connectivity index (χ0) is 18.5. The number of nitrogens with zero attached hydrogens (tertiary/aromatic N) is 5. The molecule has 3 aromatic rings. The first-order chi connectivity index (χ1) is 12.5. The Balaban J connectivity index is 1.65. The largest absolute Gasteiger partial charge is 0.375 e. The van der Waals surface area contributed by atoms with Gasteiger partial charge in [0.25, 0.3) is 5.95 Å². The van der Waals surface area contributed by atoms with E-state index in [0.717, 1.165) is 23.4 Å². The molecule has 2 aromatic heterocycles. The van der Waals surface area contributed by atoms with Crippen molar-refractivity contribution in [3.8, 4) is 5.95 Å². The van der Waals surface area contributed by atoms with Crippen LogP contribution in [0.5, 0.6) is 0 Å². The van der Waals surface area contributed by atoms with Crippen molar-refractivity contribution in [2.24, 2.45) is 0 Å². The molecule has 0 atom stereocenters. The van der Waals surface area contributed by atoms with Gasteiger partial charge in [0.2, 0.25) is 0 Å². The minimum atomic E-state index is -0.332. The van der Waals surface area contributed by atoms with Crippen LogP contribution in [0.25, 0.3) is 5.95 Å². The second-order valence-corrected chi connectivity index (χ2v) is 5.94. The zero-order valence-electron chi connectivity index (χ0n) is 15.0. The lowest BCUT2D eigenvalue weighted by molar-refractivity contribution is 0.262. The minimum Gasteiger partial charge on any atom is -0.375 e. The van der Waals surface area contributed by atoms with Crippen LogP contribution >= 0.6 is 0 Å². The molecule has 0 aliphatic carbocycles. The molecule has 0 fully saturated rings. The fourth-order valence-corrected chi connectivity index (χ4v) is 2.32. The zero-order valence-corrected chi connectivity index (χ0v) is 15.0. The molecule has 0 saturated heterocycles. The van der Waals surface area contributed by atoms with Crippen LogP contribution in [0.2, 0.25) is 0 Å². The Morgan fingerprint density at radius 2 is 1.85 bits per heavy atom. The van der Waals surface area contributed by atoms with Gasteiger partial charge in [-0.1, -0.05) is 19.1 Å². The number of anilines is 3. The maximum Gasteiger partial charge on any atom is 0.323 e. The number of nitrogens with one attached hydrogen (secondary N) is 2. The average molecular weight is 351 g/mol. The first kappa shape index (κ1) is 17.4. The molecule has 8 nitrogen and oxygen atoms in total. The summed E-state index contributed by atoms with van der Waals surface area (Å²) in [6.45, 7) is 2.07. The van der Waals surface area contributed by atoms with Crippen LogP contribution < -0.4 is 15.5 Å². The molecule has 26 heavy (non-hydrogen) atoms. The molecule has 134 valence electrons. The topological polar surface area (TPSA) is 88.0 Å². The van der Waals surface area contributed by atoms with Gasteiger partial charge in [0.05, 0.1) is 36.2 Å². The van der Waals surface area contributed by atoms with Gasteiger partial charge in [0, 0.05) is 19.8 Å². The summed E-state index contributed by atoms with van der Waals surface area (Å²) in [4.78, 5) is 22.6. The molecule has 0 unspecified atom stereocenters. The van der Waals surface area contributed by atoms with E-state index in [4.69, 9.17) is 0 Å². The average Bonchev–Trinajstić information content (AvgIpc) is 3.10. The Labute approximate surface area is 151 Å². The SMILES string of the molecule is CCc1cccc(NC(=O)Nc2cnn(-c3ncc(N(C)C)cn3)c2)c1. The van der Waals surface area contributed by atoms with E-state index >= 15 is 0 Å². The Morgan fingerprint density at radius 1 is 1.12 bits per heavy atom. The third-order valence-corrected chi connectivity index (χ3v) is 3.78. The van der Waals surface area contributed by atoms with E-state index < -0.39 is 0 Å². The molecule has 0 aliphatic rings. The maximum atomic E-state index is 12.2. The van der Waals surface area contributed by atoms with Gasteiger partial charge in [-0.25, -0.2) is 19.4 Å². The molecule has 8 heteroatoms. The Morgan fingerprint density at radius 3 is 2.54 bits per heavy atom. The van der Waals surface area contributed by atoms with Crippen molar-refractivity contribution in [1.82, 2.24) is 19.7 Å². The minimum absolute atomic E-state index is 0.332. The highest BCUT2D eigenvalue weighted by Crippen LogP contribution is 2.14. The summed E-state index contributed by atoms with van der Waals surface area (Å²) in [5.74, 6) is 0.430. The summed E-state index contributed by atoms with van der Waals surface area (Å²) >= 11 is 0. The third-order valence-electron chi connectivity index (χ3n) is 3.78. The van der Waals surface area contributed by atoms with Crippen molar-refractivity contribution in [1.29, 1.82) is 0 Å². The highest BCUT2D eigenvalue weighted by atomic mass is 16.2. The van der Waals surface area contributed by atoms with Gasteiger partial charge in [-0.3, -0.25) is 0 Å². The van der Waals surface area contributed by atoms with Crippen LogP contribution in [0.3, 0.4) is 0 Å². The molecule has 0 radical (unpaired) electrons. The lowest BCUT2D eigenvalue weighted by Crippen LogP contribution is -2.19. The van der Waals surface area contributed by atoms with Gasteiger partial charge in [-0.05, 0) is 24.1 Å². The standard InChI is InChI=1S/C18H21N7O/c1-4-13-6-5-7-14(8-13)22-18(26)23-15-9-21-25(12-15)17-19-10-16(11-20-17)24(2)3/h5-12H,4H2,1-3H3,(H2,22,23,26). The Hall–Kier alpha value is -3.42. The van der Waals surface area contributed by atoms with Crippen LogP contribution in [0.1, 0.15) is 12.5 Å². The second-order valence-electron chi connectivity index (χ2n) is 5.94. The molecule has 0 saturated carbocycles. The Kier molecular flexibility index (Phi) is 5.12. The van der Waals surface area contributed by atoms with Crippen LogP contribution in [0, 0.1) is 0 Å². The lowest BCUT2D eigenvalue weighted by atomic mass is 10.1. The number of aromatic nitrogens is 4. The predicted octanol–water partition coefficient (Wildman–Crippen LogP) is 2.93. The Bertz CT molecular complexity index is 887.